The van der Waals surface area contributed by atoms with Gasteiger partial charge in [-0.05, 0) is 30.5 Å². The third-order valence-corrected chi connectivity index (χ3v) is 4.66. The van der Waals surface area contributed by atoms with Crippen molar-refractivity contribution in [1.29, 1.82) is 0 Å². The molecule has 25 heavy (non-hydrogen) atoms. The van der Waals surface area contributed by atoms with E-state index in [1.807, 2.05) is 24.3 Å². The predicted octanol–water partition coefficient (Wildman–Crippen LogP) is 1.75. The molecule has 0 unspecified atom stereocenters. The minimum Gasteiger partial charge on any atom is -0.468 e. The molecular formula is C18H23ClN2O4. The van der Waals surface area contributed by atoms with Gasteiger partial charge in [-0.25, -0.2) is 0 Å². The van der Waals surface area contributed by atoms with Crippen molar-refractivity contribution in [2.45, 2.75) is 19.3 Å². The average molecular weight is 367 g/mol. The van der Waals surface area contributed by atoms with Gasteiger partial charge in [0.1, 0.15) is 6.54 Å². The maximum absolute atomic E-state index is 12.5. The zero-order chi connectivity index (χ0) is 18.4. The van der Waals surface area contributed by atoms with Gasteiger partial charge in [0.25, 0.3) is 0 Å². The minimum absolute atomic E-state index is 0.0636. The first-order valence-corrected chi connectivity index (χ1v) is 8.62. The van der Waals surface area contributed by atoms with Crippen molar-refractivity contribution in [3.8, 4) is 0 Å². The molecule has 1 saturated heterocycles. The summed E-state index contributed by atoms with van der Waals surface area (Å²) < 4.78 is 4.59. The van der Waals surface area contributed by atoms with Gasteiger partial charge in [-0.3, -0.25) is 14.4 Å². The molecule has 0 bridgehead atoms. The highest BCUT2D eigenvalue weighted by molar-refractivity contribution is 6.30. The third-order valence-electron chi connectivity index (χ3n) is 4.40. The number of hydrogen-bond donors (Lipinski definition) is 0. The lowest BCUT2D eigenvalue weighted by atomic mass is 9.95. The summed E-state index contributed by atoms with van der Waals surface area (Å²) in [6.07, 6.45) is 1.57. The molecule has 1 heterocycles. The van der Waals surface area contributed by atoms with Crippen LogP contribution in [0.3, 0.4) is 0 Å². The fraction of sp³-hybridized carbons (Fsp3) is 0.500. The number of piperidine rings is 1. The number of carbonyl (C=O) groups is 3. The fourth-order valence-electron chi connectivity index (χ4n) is 2.90. The Kier molecular flexibility index (Phi) is 6.82. The van der Waals surface area contributed by atoms with Crippen LogP contribution in [0.2, 0.25) is 5.02 Å². The zero-order valence-electron chi connectivity index (χ0n) is 14.5. The predicted molar refractivity (Wildman–Crippen MR) is 94.1 cm³/mol. The van der Waals surface area contributed by atoms with Crippen LogP contribution in [0.25, 0.3) is 0 Å². The van der Waals surface area contributed by atoms with E-state index in [1.165, 1.54) is 12.0 Å². The van der Waals surface area contributed by atoms with Crippen LogP contribution in [-0.2, 0) is 25.5 Å². The molecule has 0 aromatic heterocycles. The summed E-state index contributed by atoms with van der Waals surface area (Å²) in [5.41, 5.74) is 1.09. The van der Waals surface area contributed by atoms with Gasteiger partial charge in [-0.2, -0.15) is 0 Å². The van der Waals surface area contributed by atoms with E-state index in [2.05, 4.69) is 4.74 Å². The van der Waals surface area contributed by atoms with Crippen LogP contribution in [0.15, 0.2) is 24.3 Å². The van der Waals surface area contributed by atoms with E-state index >= 15 is 0 Å². The first-order chi connectivity index (χ1) is 11.9. The Morgan fingerprint density at radius 1 is 1.32 bits per heavy atom. The van der Waals surface area contributed by atoms with E-state index in [9.17, 15) is 14.4 Å². The number of hydrogen-bond acceptors (Lipinski definition) is 4. The summed E-state index contributed by atoms with van der Waals surface area (Å²) in [5, 5.41) is 0.678. The van der Waals surface area contributed by atoms with Crippen LogP contribution in [-0.4, -0.2) is 61.4 Å². The van der Waals surface area contributed by atoms with Gasteiger partial charge in [-0.1, -0.05) is 23.7 Å². The molecule has 0 N–H and O–H groups in total. The summed E-state index contributed by atoms with van der Waals surface area (Å²) in [7, 11) is 2.87. The molecule has 2 rings (SSSR count). The summed E-state index contributed by atoms with van der Waals surface area (Å²) in [6, 6.07) is 7.51. The second kappa shape index (κ2) is 8.85. The second-order valence-electron chi connectivity index (χ2n) is 6.22. The standard InChI is InChI=1S/C18H23ClN2O4/c1-20(12-17(23)25-2)18(24)14-5-8-16(22)21(11-14)10-9-13-3-6-15(19)7-4-13/h3-4,6-7,14H,5,8-12H2,1-2H3/t14-/m0/s1. The van der Waals surface area contributed by atoms with E-state index in [4.69, 9.17) is 11.6 Å². The highest BCUT2D eigenvalue weighted by Crippen LogP contribution is 2.20. The molecule has 6 nitrogen and oxygen atoms in total. The Hall–Kier alpha value is -2.08. The highest BCUT2D eigenvalue weighted by atomic mass is 35.5. The van der Waals surface area contributed by atoms with Crippen molar-refractivity contribution in [3.63, 3.8) is 0 Å². The smallest absolute Gasteiger partial charge is 0.325 e. The molecule has 136 valence electrons. The first kappa shape index (κ1) is 19.2. The molecule has 0 spiro atoms. The van der Waals surface area contributed by atoms with Gasteiger partial charge in [0, 0.05) is 31.6 Å². The van der Waals surface area contributed by atoms with Crippen LogP contribution in [0.4, 0.5) is 0 Å². The lowest BCUT2D eigenvalue weighted by molar-refractivity contribution is -0.149. The van der Waals surface area contributed by atoms with Crippen molar-refractivity contribution >= 4 is 29.4 Å². The fourth-order valence-corrected chi connectivity index (χ4v) is 3.02. The zero-order valence-corrected chi connectivity index (χ0v) is 15.3. The SMILES string of the molecule is COC(=O)CN(C)C(=O)[C@H]1CCC(=O)N(CCc2ccc(Cl)cc2)C1. The lowest BCUT2D eigenvalue weighted by Crippen LogP contribution is -2.47. The molecule has 1 aromatic carbocycles. The van der Waals surface area contributed by atoms with Crippen LogP contribution in [0.1, 0.15) is 18.4 Å². The van der Waals surface area contributed by atoms with Crippen molar-refractivity contribution in [2.75, 3.05) is 33.8 Å². The maximum atomic E-state index is 12.5. The summed E-state index contributed by atoms with van der Waals surface area (Å²) in [5.74, 6) is -0.803. The number of benzene rings is 1. The van der Waals surface area contributed by atoms with E-state index in [1.54, 1.807) is 11.9 Å². The molecule has 1 fully saturated rings. The summed E-state index contributed by atoms with van der Waals surface area (Å²) in [4.78, 5) is 39.0. The summed E-state index contributed by atoms with van der Waals surface area (Å²) in [6.45, 7) is 0.867. The molecule has 1 aliphatic rings. The number of amides is 2. The molecule has 1 aliphatic heterocycles. The molecule has 1 aromatic rings. The molecular weight excluding hydrogens is 344 g/mol. The van der Waals surface area contributed by atoms with Gasteiger partial charge < -0.3 is 14.5 Å². The third kappa shape index (κ3) is 5.46. The van der Waals surface area contributed by atoms with E-state index in [0.29, 0.717) is 37.4 Å². The minimum atomic E-state index is -0.456. The summed E-state index contributed by atoms with van der Waals surface area (Å²) >= 11 is 5.87. The largest absolute Gasteiger partial charge is 0.468 e. The molecule has 7 heteroatoms. The number of methoxy groups -OCH3 is 1. The number of esters is 1. The van der Waals surface area contributed by atoms with Crippen molar-refractivity contribution in [1.82, 2.24) is 9.80 Å². The Morgan fingerprint density at radius 3 is 2.64 bits per heavy atom. The van der Waals surface area contributed by atoms with Gasteiger partial charge in [0.2, 0.25) is 11.8 Å². The number of nitrogens with zero attached hydrogens (tertiary/aromatic N) is 2. The van der Waals surface area contributed by atoms with Gasteiger partial charge >= 0.3 is 5.97 Å². The molecule has 1 atom stereocenters. The van der Waals surface area contributed by atoms with E-state index in [0.717, 1.165) is 5.56 Å². The topological polar surface area (TPSA) is 66.9 Å². The Morgan fingerprint density at radius 2 is 2.00 bits per heavy atom. The van der Waals surface area contributed by atoms with Crippen LogP contribution < -0.4 is 0 Å². The number of likely N-dealkylation sites (tertiary alicyclic amines) is 1. The maximum Gasteiger partial charge on any atom is 0.325 e. The second-order valence-corrected chi connectivity index (χ2v) is 6.66. The van der Waals surface area contributed by atoms with Crippen molar-refractivity contribution in [2.24, 2.45) is 5.92 Å². The van der Waals surface area contributed by atoms with E-state index < -0.39 is 5.97 Å². The average Bonchev–Trinajstić information content (AvgIpc) is 2.61. The van der Waals surface area contributed by atoms with Crippen LogP contribution in [0.5, 0.6) is 0 Å². The van der Waals surface area contributed by atoms with Crippen molar-refractivity contribution in [3.05, 3.63) is 34.9 Å². The normalized spacial score (nSPS) is 17.3. The van der Waals surface area contributed by atoms with Gasteiger partial charge in [0.15, 0.2) is 0 Å². The number of ether oxygens (including phenoxy) is 1. The van der Waals surface area contributed by atoms with Gasteiger partial charge in [0.05, 0.1) is 13.0 Å². The quantitative estimate of drug-likeness (QED) is 0.719. The number of carbonyl (C=O) groups excluding carboxylic acids is 3. The Bertz CT molecular complexity index is 632. The number of halogens is 1. The van der Waals surface area contributed by atoms with Crippen LogP contribution in [0, 0.1) is 5.92 Å². The monoisotopic (exact) mass is 366 g/mol. The van der Waals surface area contributed by atoms with Crippen molar-refractivity contribution < 1.29 is 19.1 Å². The number of likely N-dealkylation sites (N-methyl/N-ethyl adjacent to an activating group) is 1. The Balaban J connectivity index is 1.91. The molecule has 0 aliphatic carbocycles. The molecule has 0 saturated carbocycles. The molecule has 0 radical (unpaired) electrons. The molecule has 2 amide bonds. The van der Waals surface area contributed by atoms with Gasteiger partial charge in [-0.15, -0.1) is 0 Å². The first-order valence-electron chi connectivity index (χ1n) is 8.24. The lowest BCUT2D eigenvalue weighted by Gasteiger charge is -2.33. The van der Waals surface area contributed by atoms with Crippen LogP contribution >= 0.6 is 11.6 Å². The Labute approximate surface area is 152 Å². The number of rotatable bonds is 6. The van der Waals surface area contributed by atoms with E-state index in [-0.39, 0.29) is 24.3 Å². The highest BCUT2D eigenvalue weighted by Gasteiger charge is 2.32.